The maximum Gasteiger partial charge on any atom is 0.180 e. The lowest BCUT2D eigenvalue weighted by Crippen LogP contribution is -2.32. The van der Waals surface area contributed by atoms with Crippen LogP contribution in [0.5, 0.6) is 5.75 Å². The van der Waals surface area contributed by atoms with Gasteiger partial charge in [-0.25, -0.2) is 0 Å². The van der Waals surface area contributed by atoms with Gasteiger partial charge >= 0.3 is 0 Å². The van der Waals surface area contributed by atoms with Crippen LogP contribution < -0.4 is 4.74 Å². The first kappa shape index (κ1) is 15.0. The van der Waals surface area contributed by atoms with Gasteiger partial charge < -0.3 is 4.74 Å². The molecule has 20 heavy (non-hydrogen) atoms. The minimum atomic E-state index is 0.170. The van der Waals surface area contributed by atoms with Gasteiger partial charge in [-0.05, 0) is 50.8 Å². The second-order valence-corrected chi connectivity index (χ2v) is 5.53. The van der Waals surface area contributed by atoms with Crippen molar-refractivity contribution in [1.82, 2.24) is 4.90 Å². The molecule has 1 aromatic carbocycles. The average molecular weight is 275 g/mol. The Labute approximate surface area is 121 Å². The first-order valence-electron chi connectivity index (χ1n) is 7.72. The van der Waals surface area contributed by atoms with Crippen molar-refractivity contribution in [2.24, 2.45) is 5.92 Å². The van der Waals surface area contributed by atoms with Crippen LogP contribution in [-0.4, -0.2) is 36.9 Å². The smallest absolute Gasteiger partial charge is 0.180 e. The van der Waals surface area contributed by atoms with Crippen LogP contribution >= 0.6 is 0 Å². The lowest BCUT2D eigenvalue weighted by molar-refractivity contribution is 0.0923. The Balaban J connectivity index is 2.01. The van der Waals surface area contributed by atoms with Crippen molar-refractivity contribution in [2.45, 2.75) is 33.1 Å². The number of hydrogen-bond acceptors (Lipinski definition) is 3. The average Bonchev–Trinajstić information content (AvgIpc) is 3.24. The predicted octanol–water partition coefficient (Wildman–Crippen LogP) is 3.39. The van der Waals surface area contributed by atoms with Gasteiger partial charge in [-0.3, -0.25) is 9.69 Å². The predicted molar refractivity (Wildman–Crippen MR) is 81.4 cm³/mol. The molecule has 1 aromatic rings. The number of para-hydroxylation sites is 1. The van der Waals surface area contributed by atoms with E-state index in [0.29, 0.717) is 24.5 Å². The largest absolute Gasteiger partial charge is 0.493 e. The molecule has 0 N–H and O–H groups in total. The molecule has 0 spiro atoms. The molecule has 1 saturated carbocycles. The van der Waals surface area contributed by atoms with Gasteiger partial charge in [0.1, 0.15) is 5.75 Å². The summed E-state index contributed by atoms with van der Waals surface area (Å²) in [6.45, 7) is 7.27. The zero-order valence-electron chi connectivity index (χ0n) is 12.6. The summed E-state index contributed by atoms with van der Waals surface area (Å²) in [5.74, 6) is 1.70. The molecule has 3 heteroatoms. The molecule has 110 valence electrons. The van der Waals surface area contributed by atoms with Gasteiger partial charge in [-0.2, -0.15) is 0 Å². The van der Waals surface area contributed by atoms with E-state index in [1.807, 2.05) is 31.2 Å². The molecule has 0 heterocycles. The molecule has 1 aliphatic rings. The van der Waals surface area contributed by atoms with Gasteiger partial charge in [0.2, 0.25) is 0 Å². The second-order valence-electron chi connectivity index (χ2n) is 5.53. The highest BCUT2D eigenvalue weighted by atomic mass is 16.5. The highest BCUT2D eigenvalue weighted by Gasteiger charge is 2.25. The molecule has 0 aromatic heterocycles. The fourth-order valence-corrected chi connectivity index (χ4v) is 2.48. The van der Waals surface area contributed by atoms with E-state index < -0.39 is 0 Å². The van der Waals surface area contributed by atoms with E-state index >= 15 is 0 Å². The SMILES string of the molecule is CCCN(CC(=O)c1ccccc1OCC)CC1CC1. The number of nitrogens with zero attached hydrogens (tertiary/aromatic N) is 1. The van der Waals surface area contributed by atoms with Crippen LogP contribution in [0.4, 0.5) is 0 Å². The Bertz CT molecular complexity index is 440. The van der Waals surface area contributed by atoms with Crippen molar-refractivity contribution in [2.75, 3.05) is 26.2 Å². The van der Waals surface area contributed by atoms with Crippen molar-refractivity contribution in [3.05, 3.63) is 29.8 Å². The zero-order chi connectivity index (χ0) is 14.4. The molecule has 0 amide bonds. The van der Waals surface area contributed by atoms with Crippen LogP contribution in [-0.2, 0) is 0 Å². The van der Waals surface area contributed by atoms with E-state index in [9.17, 15) is 4.79 Å². The molecule has 0 atom stereocenters. The monoisotopic (exact) mass is 275 g/mol. The maximum absolute atomic E-state index is 12.5. The van der Waals surface area contributed by atoms with Gasteiger partial charge in [0.25, 0.3) is 0 Å². The number of carbonyl (C=O) groups excluding carboxylic acids is 1. The van der Waals surface area contributed by atoms with Crippen LogP contribution in [0.15, 0.2) is 24.3 Å². The van der Waals surface area contributed by atoms with E-state index in [0.717, 1.165) is 25.4 Å². The summed E-state index contributed by atoms with van der Waals surface area (Å²) >= 11 is 0. The molecular formula is C17H25NO2. The van der Waals surface area contributed by atoms with Crippen molar-refractivity contribution >= 4 is 5.78 Å². The van der Waals surface area contributed by atoms with Crippen LogP contribution in [0.3, 0.4) is 0 Å². The number of Topliss-reactive ketones (excluding diaryl/α,β-unsaturated/α-hetero) is 1. The minimum absolute atomic E-state index is 0.170. The second kappa shape index (κ2) is 7.44. The van der Waals surface area contributed by atoms with E-state index in [-0.39, 0.29) is 5.78 Å². The Morgan fingerprint density at radius 3 is 2.70 bits per heavy atom. The summed E-state index contributed by atoms with van der Waals surface area (Å²) in [7, 11) is 0. The Morgan fingerprint density at radius 1 is 1.30 bits per heavy atom. The summed E-state index contributed by atoms with van der Waals surface area (Å²) in [5.41, 5.74) is 0.714. The summed E-state index contributed by atoms with van der Waals surface area (Å²) < 4.78 is 5.55. The summed E-state index contributed by atoms with van der Waals surface area (Å²) in [5, 5.41) is 0. The Morgan fingerprint density at radius 2 is 2.05 bits per heavy atom. The quantitative estimate of drug-likeness (QED) is 0.647. The standard InChI is InChI=1S/C17H25NO2/c1-3-11-18(12-14-9-10-14)13-16(19)15-7-5-6-8-17(15)20-4-2/h5-8,14H,3-4,9-13H2,1-2H3. The number of ether oxygens (including phenoxy) is 1. The van der Waals surface area contributed by atoms with Crippen LogP contribution in [0.2, 0.25) is 0 Å². The van der Waals surface area contributed by atoms with E-state index in [2.05, 4.69) is 11.8 Å². The molecule has 0 bridgehead atoms. The third-order valence-corrected chi connectivity index (χ3v) is 3.61. The third-order valence-electron chi connectivity index (χ3n) is 3.61. The molecule has 3 nitrogen and oxygen atoms in total. The molecule has 2 rings (SSSR count). The molecule has 1 fully saturated rings. The van der Waals surface area contributed by atoms with Gasteiger partial charge in [0, 0.05) is 6.54 Å². The van der Waals surface area contributed by atoms with E-state index in [1.54, 1.807) is 0 Å². The van der Waals surface area contributed by atoms with E-state index in [1.165, 1.54) is 12.8 Å². The van der Waals surface area contributed by atoms with Gasteiger partial charge in [-0.15, -0.1) is 0 Å². The lowest BCUT2D eigenvalue weighted by atomic mass is 10.1. The number of benzene rings is 1. The maximum atomic E-state index is 12.5. The molecule has 0 radical (unpaired) electrons. The molecule has 0 saturated heterocycles. The van der Waals surface area contributed by atoms with Crippen LogP contribution in [0.1, 0.15) is 43.5 Å². The van der Waals surface area contributed by atoms with Crippen molar-refractivity contribution in [3.8, 4) is 5.75 Å². The third kappa shape index (κ3) is 4.34. The number of rotatable bonds is 9. The fraction of sp³-hybridized carbons (Fsp3) is 0.588. The summed E-state index contributed by atoms with van der Waals surface area (Å²) in [6.07, 6.45) is 3.74. The van der Waals surface area contributed by atoms with E-state index in [4.69, 9.17) is 4.74 Å². The van der Waals surface area contributed by atoms with Gasteiger partial charge in [0.05, 0.1) is 18.7 Å². The molecule has 1 aliphatic carbocycles. The number of hydrogen-bond donors (Lipinski definition) is 0. The van der Waals surface area contributed by atoms with Crippen molar-refractivity contribution in [1.29, 1.82) is 0 Å². The first-order valence-corrected chi connectivity index (χ1v) is 7.72. The molecule has 0 aliphatic heterocycles. The highest BCUT2D eigenvalue weighted by molar-refractivity contribution is 6.00. The first-order chi connectivity index (χ1) is 9.74. The zero-order valence-corrected chi connectivity index (χ0v) is 12.6. The lowest BCUT2D eigenvalue weighted by Gasteiger charge is -2.21. The topological polar surface area (TPSA) is 29.5 Å². The van der Waals surface area contributed by atoms with Gasteiger partial charge in [0.15, 0.2) is 5.78 Å². The van der Waals surface area contributed by atoms with Crippen molar-refractivity contribution < 1.29 is 9.53 Å². The Kier molecular flexibility index (Phi) is 5.60. The molecule has 0 unspecified atom stereocenters. The van der Waals surface area contributed by atoms with Crippen LogP contribution in [0, 0.1) is 5.92 Å². The molecular weight excluding hydrogens is 250 g/mol. The highest BCUT2D eigenvalue weighted by Crippen LogP contribution is 2.30. The minimum Gasteiger partial charge on any atom is -0.493 e. The fourth-order valence-electron chi connectivity index (χ4n) is 2.48. The summed E-state index contributed by atoms with van der Waals surface area (Å²) in [6, 6.07) is 7.56. The normalized spacial score (nSPS) is 14.6. The number of carbonyl (C=O) groups is 1. The Hall–Kier alpha value is -1.35. The van der Waals surface area contributed by atoms with Crippen LogP contribution in [0.25, 0.3) is 0 Å². The van der Waals surface area contributed by atoms with Crippen molar-refractivity contribution in [3.63, 3.8) is 0 Å². The van der Waals surface area contributed by atoms with Gasteiger partial charge in [-0.1, -0.05) is 19.1 Å². The summed E-state index contributed by atoms with van der Waals surface area (Å²) in [4.78, 5) is 14.8. The number of ketones is 1.